The third-order valence-corrected chi connectivity index (χ3v) is 5.28. The van der Waals surface area contributed by atoms with Crippen molar-refractivity contribution in [1.82, 2.24) is 9.80 Å². The van der Waals surface area contributed by atoms with E-state index in [1.54, 1.807) is 24.3 Å². The molecular formula is C23H27N3O4. The van der Waals surface area contributed by atoms with E-state index in [0.29, 0.717) is 43.9 Å². The molecule has 0 atom stereocenters. The van der Waals surface area contributed by atoms with E-state index in [9.17, 15) is 14.4 Å². The molecule has 0 radical (unpaired) electrons. The summed E-state index contributed by atoms with van der Waals surface area (Å²) in [4.78, 5) is 40.3. The van der Waals surface area contributed by atoms with E-state index in [4.69, 9.17) is 0 Å². The van der Waals surface area contributed by atoms with Crippen LogP contribution in [0.15, 0.2) is 48.5 Å². The van der Waals surface area contributed by atoms with Crippen molar-refractivity contribution < 1.29 is 19.1 Å². The van der Waals surface area contributed by atoms with E-state index >= 15 is 0 Å². The van der Waals surface area contributed by atoms with Crippen molar-refractivity contribution >= 4 is 23.5 Å². The predicted octanol–water partition coefficient (Wildman–Crippen LogP) is 2.11. The number of rotatable bonds is 6. The average Bonchev–Trinajstić information content (AvgIpc) is 2.75. The summed E-state index contributed by atoms with van der Waals surface area (Å²) in [5, 5.41) is 2.83. The second-order valence-electron chi connectivity index (χ2n) is 7.38. The lowest BCUT2D eigenvalue weighted by Gasteiger charge is -2.34. The number of nitrogens with zero attached hydrogens (tertiary/aromatic N) is 2. The molecule has 30 heavy (non-hydrogen) atoms. The van der Waals surface area contributed by atoms with Crippen LogP contribution in [0.2, 0.25) is 0 Å². The lowest BCUT2D eigenvalue weighted by atomic mass is 10.1. The number of nitrogens with one attached hydrogen (secondary N) is 1. The molecule has 1 aliphatic heterocycles. The molecule has 0 aliphatic carbocycles. The number of aryl methyl sites for hydroxylation is 1. The number of methoxy groups -OCH3 is 1. The summed E-state index contributed by atoms with van der Waals surface area (Å²) in [6, 6.07) is 14.5. The second kappa shape index (κ2) is 10.0. The molecule has 3 rings (SSSR count). The Labute approximate surface area is 176 Å². The van der Waals surface area contributed by atoms with Gasteiger partial charge < -0.3 is 15.0 Å². The lowest BCUT2D eigenvalue weighted by molar-refractivity contribution is -0.132. The van der Waals surface area contributed by atoms with E-state index < -0.39 is 5.97 Å². The highest BCUT2D eigenvalue weighted by Crippen LogP contribution is 2.12. The van der Waals surface area contributed by atoms with Gasteiger partial charge in [0, 0.05) is 31.9 Å². The summed E-state index contributed by atoms with van der Waals surface area (Å²) >= 11 is 0. The van der Waals surface area contributed by atoms with E-state index in [2.05, 4.69) is 10.1 Å². The normalized spacial score (nSPS) is 14.3. The molecule has 7 nitrogen and oxygen atoms in total. The molecule has 1 heterocycles. The Hall–Kier alpha value is -3.19. The van der Waals surface area contributed by atoms with Crippen LogP contribution >= 0.6 is 0 Å². The summed E-state index contributed by atoms with van der Waals surface area (Å²) in [6.07, 6.45) is 0.411. The zero-order valence-corrected chi connectivity index (χ0v) is 17.4. The van der Waals surface area contributed by atoms with Crippen LogP contribution in [-0.2, 0) is 20.7 Å². The van der Waals surface area contributed by atoms with E-state index in [1.807, 2.05) is 41.0 Å². The maximum absolute atomic E-state index is 12.6. The molecule has 0 bridgehead atoms. The van der Waals surface area contributed by atoms with Crippen LogP contribution in [0, 0.1) is 6.92 Å². The predicted molar refractivity (Wildman–Crippen MR) is 114 cm³/mol. The Morgan fingerprint density at radius 3 is 2.27 bits per heavy atom. The SMILES string of the molecule is COC(=O)c1ccc(NC(=O)CN2CCN(C(=O)Cc3ccccc3C)CC2)cc1. The number of piperazine rings is 1. The fourth-order valence-corrected chi connectivity index (χ4v) is 3.45. The van der Waals surface area contributed by atoms with Crippen molar-refractivity contribution in [3.05, 3.63) is 65.2 Å². The Balaban J connectivity index is 1.44. The summed E-state index contributed by atoms with van der Waals surface area (Å²) in [5.74, 6) is -0.415. The molecule has 0 spiro atoms. The van der Waals surface area contributed by atoms with Crippen molar-refractivity contribution in [3.8, 4) is 0 Å². The first kappa shape index (κ1) is 21.5. The fourth-order valence-electron chi connectivity index (χ4n) is 3.45. The minimum atomic E-state index is -0.414. The van der Waals surface area contributed by atoms with Crippen LogP contribution in [0.5, 0.6) is 0 Å². The number of benzene rings is 2. The Morgan fingerprint density at radius 1 is 0.967 bits per heavy atom. The molecule has 1 aliphatic rings. The van der Waals surface area contributed by atoms with Gasteiger partial charge in [0.05, 0.1) is 25.6 Å². The van der Waals surface area contributed by atoms with Gasteiger partial charge in [-0.2, -0.15) is 0 Å². The summed E-state index contributed by atoms with van der Waals surface area (Å²) in [5.41, 5.74) is 3.24. The average molecular weight is 409 g/mol. The molecule has 0 unspecified atom stereocenters. The zero-order valence-electron chi connectivity index (χ0n) is 17.4. The molecule has 7 heteroatoms. The van der Waals surface area contributed by atoms with Gasteiger partial charge in [-0.3, -0.25) is 14.5 Å². The number of esters is 1. The summed E-state index contributed by atoms with van der Waals surface area (Å²) in [6.45, 7) is 4.83. The smallest absolute Gasteiger partial charge is 0.337 e. The van der Waals surface area contributed by atoms with Crippen molar-refractivity contribution in [2.24, 2.45) is 0 Å². The Morgan fingerprint density at radius 2 is 1.63 bits per heavy atom. The first-order valence-electron chi connectivity index (χ1n) is 9.99. The summed E-state index contributed by atoms with van der Waals surface area (Å²) in [7, 11) is 1.33. The largest absolute Gasteiger partial charge is 0.465 e. The third-order valence-electron chi connectivity index (χ3n) is 5.28. The number of anilines is 1. The minimum Gasteiger partial charge on any atom is -0.465 e. The van der Waals surface area contributed by atoms with Gasteiger partial charge in [0.2, 0.25) is 11.8 Å². The van der Waals surface area contributed by atoms with Crippen molar-refractivity contribution in [2.75, 3.05) is 45.2 Å². The number of hydrogen-bond acceptors (Lipinski definition) is 5. The number of hydrogen-bond donors (Lipinski definition) is 1. The number of amides is 2. The van der Waals surface area contributed by atoms with Crippen LogP contribution in [0.25, 0.3) is 0 Å². The molecule has 0 saturated carbocycles. The van der Waals surface area contributed by atoms with Crippen LogP contribution in [0.3, 0.4) is 0 Å². The van der Waals surface area contributed by atoms with Crippen LogP contribution in [0.1, 0.15) is 21.5 Å². The van der Waals surface area contributed by atoms with Crippen LogP contribution in [0.4, 0.5) is 5.69 Å². The third kappa shape index (κ3) is 5.67. The molecule has 1 fully saturated rings. The lowest BCUT2D eigenvalue weighted by Crippen LogP contribution is -2.50. The van der Waals surface area contributed by atoms with Gasteiger partial charge in [-0.1, -0.05) is 24.3 Å². The maximum Gasteiger partial charge on any atom is 0.337 e. The summed E-state index contributed by atoms with van der Waals surface area (Å²) < 4.78 is 4.66. The Kier molecular flexibility index (Phi) is 7.19. The highest BCUT2D eigenvalue weighted by Gasteiger charge is 2.22. The quantitative estimate of drug-likeness (QED) is 0.740. The zero-order chi connectivity index (χ0) is 21.5. The van der Waals surface area contributed by atoms with Crippen LogP contribution < -0.4 is 5.32 Å². The monoisotopic (exact) mass is 409 g/mol. The van der Waals surface area contributed by atoms with Gasteiger partial charge in [0.25, 0.3) is 0 Å². The molecule has 2 aromatic rings. The van der Waals surface area contributed by atoms with E-state index in [0.717, 1.165) is 11.1 Å². The van der Waals surface area contributed by atoms with Crippen LogP contribution in [-0.4, -0.2) is 67.4 Å². The molecule has 0 aromatic heterocycles. The Bertz CT molecular complexity index is 903. The number of ether oxygens (including phenoxy) is 1. The first-order chi connectivity index (χ1) is 14.5. The standard InChI is InChI=1S/C23H27N3O4/c1-17-5-3-4-6-19(17)15-22(28)26-13-11-25(12-14-26)16-21(27)24-20-9-7-18(8-10-20)23(29)30-2/h3-10H,11-16H2,1-2H3,(H,24,27). The molecule has 158 valence electrons. The number of carbonyl (C=O) groups excluding carboxylic acids is 3. The van der Waals surface area contributed by atoms with E-state index in [1.165, 1.54) is 7.11 Å². The molecule has 1 saturated heterocycles. The van der Waals surface area contributed by atoms with E-state index in [-0.39, 0.29) is 18.4 Å². The van der Waals surface area contributed by atoms with Crippen molar-refractivity contribution in [2.45, 2.75) is 13.3 Å². The molecule has 2 amide bonds. The van der Waals surface area contributed by atoms with Crippen molar-refractivity contribution in [3.63, 3.8) is 0 Å². The highest BCUT2D eigenvalue weighted by molar-refractivity contribution is 5.94. The first-order valence-corrected chi connectivity index (χ1v) is 9.99. The molecular weight excluding hydrogens is 382 g/mol. The van der Waals surface area contributed by atoms with Gasteiger partial charge in [-0.05, 0) is 42.3 Å². The van der Waals surface area contributed by atoms with Gasteiger partial charge >= 0.3 is 5.97 Å². The second-order valence-corrected chi connectivity index (χ2v) is 7.38. The number of carbonyl (C=O) groups is 3. The fraction of sp³-hybridized carbons (Fsp3) is 0.348. The topological polar surface area (TPSA) is 79.0 Å². The molecule has 2 aromatic carbocycles. The maximum atomic E-state index is 12.6. The van der Waals surface area contributed by atoms with Crippen molar-refractivity contribution in [1.29, 1.82) is 0 Å². The van der Waals surface area contributed by atoms with Gasteiger partial charge in [0.1, 0.15) is 0 Å². The van der Waals surface area contributed by atoms with Gasteiger partial charge in [-0.25, -0.2) is 4.79 Å². The van der Waals surface area contributed by atoms with Gasteiger partial charge in [0.15, 0.2) is 0 Å². The highest BCUT2D eigenvalue weighted by atomic mass is 16.5. The van der Waals surface area contributed by atoms with Gasteiger partial charge in [-0.15, -0.1) is 0 Å². The minimum absolute atomic E-state index is 0.124. The molecule has 1 N–H and O–H groups in total.